The molecule has 3 aliphatic rings. The molecule has 2 fully saturated rings. The number of rotatable bonds is 13. The van der Waals surface area contributed by atoms with Crippen molar-refractivity contribution in [3.05, 3.63) is 105 Å². The molecule has 3 aromatic carbocycles. The quantitative estimate of drug-likeness (QED) is 0.214. The summed E-state index contributed by atoms with van der Waals surface area (Å²) in [6.07, 6.45) is 3.50. The molecule has 3 N–H and O–H groups in total. The number of hydrogen-bond acceptors (Lipinski definition) is 6. The van der Waals surface area contributed by atoms with Crippen molar-refractivity contribution in [3.8, 4) is 5.75 Å². The predicted octanol–water partition coefficient (Wildman–Crippen LogP) is 5.03. The first kappa shape index (κ1) is 34.3. The number of nitrogens with one attached hydrogen (secondary N) is 1. The first-order valence-corrected chi connectivity index (χ1v) is 17.6. The number of piperazine rings is 1. The summed E-state index contributed by atoms with van der Waals surface area (Å²) in [5.74, 6) is 0.141. The van der Waals surface area contributed by atoms with Gasteiger partial charge in [0, 0.05) is 56.7 Å². The number of aliphatic hydroxyl groups is 2. The van der Waals surface area contributed by atoms with Crippen LogP contribution < -0.4 is 10.1 Å². The zero-order chi connectivity index (χ0) is 33.8. The molecule has 254 valence electrons. The number of hydrogen-bond donors (Lipinski definition) is 3. The minimum Gasteiger partial charge on any atom is -0.492 e. The van der Waals surface area contributed by atoms with Gasteiger partial charge in [-0.15, -0.1) is 0 Å². The van der Waals surface area contributed by atoms with Crippen LogP contribution in [-0.2, 0) is 29.0 Å². The fourth-order valence-electron chi connectivity index (χ4n) is 6.86. The Morgan fingerprint density at radius 1 is 1.08 bits per heavy atom. The molecule has 0 aromatic heterocycles. The zero-order valence-corrected chi connectivity index (χ0v) is 28.8. The SMILES string of the molecule is CC(=O)N1CC2CC(c3ccc(CCCOc4cc(F)ccc4Br)cc3)=C(C(=O)N(Cc3ccccc3CC(O)CO)C3CC3)C(C1)N2. The average Bonchev–Trinajstić information content (AvgIpc) is 3.93. The van der Waals surface area contributed by atoms with Crippen molar-refractivity contribution < 1.29 is 28.9 Å². The Labute approximate surface area is 289 Å². The third kappa shape index (κ3) is 8.17. The Bertz CT molecular complexity index is 1660. The van der Waals surface area contributed by atoms with E-state index in [2.05, 4.69) is 45.5 Å². The number of aryl methyl sites for hydroxylation is 1. The lowest BCUT2D eigenvalue weighted by Crippen LogP contribution is -2.61. The van der Waals surface area contributed by atoms with Gasteiger partial charge in [-0.3, -0.25) is 9.59 Å². The van der Waals surface area contributed by atoms with E-state index in [-0.39, 0.29) is 42.4 Å². The third-order valence-corrected chi connectivity index (χ3v) is 10.2. The lowest BCUT2D eigenvalue weighted by molar-refractivity contribution is -0.132. The van der Waals surface area contributed by atoms with E-state index in [4.69, 9.17) is 4.74 Å². The van der Waals surface area contributed by atoms with Crippen molar-refractivity contribution in [1.29, 1.82) is 0 Å². The summed E-state index contributed by atoms with van der Waals surface area (Å²) in [5, 5.41) is 23.3. The number of amides is 2. The Morgan fingerprint density at radius 2 is 1.83 bits per heavy atom. The highest BCUT2D eigenvalue weighted by Gasteiger charge is 2.43. The molecule has 10 heteroatoms. The summed E-state index contributed by atoms with van der Waals surface area (Å²) in [7, 11) is 0. The second-order valence-corrected chi connectivity index (χ2v) is 14.0. The molecule has 8 nitrogen and oxygen atoms in total. The van der Waals surface area contributed by atoms with Gasteiger partial charge in [0.25, 0.3) is 5.91 Å². The molecule has 2 bridgehead atoms. The van der Waals surface area contributed by atoms with Crippen LogP contribution >= 0.6 is 15.9 Å². The molecule has 48 heavy (non-hydrogen) atoms. The number of benzene rings is 3. The minimum absolute atomic E-state index is 0.00950. The average molecular weight is 721 g/mol. The highest BCUT2D eigenvalue weighted by Crippen LogP contribution is 2.38. The molecule has 3 atom stereocenters. The Kier molecular flexibility index (Phi) is 10.9. The topological polar surface area (TPSA) is 102 Å². The highest BCUT2D eigenvalue weighted by molar-refractivity contribution is 9.10. The smallest absolute Gasteiger partial charge is 0.252 e. The fourth-order valence-corrected chi connectivity index (χ4v) is 7.22. The summed E-state index contributed by atoms with van der Waals surface area (Å²) in [6.45, 7) is 3.16. The molecule has 1 aliphatic carbocycles. The van der Waals surface area contributed by atoms with Gasteiger partial charge in [-0.05, 0) is 88.0 Å². The van der Waals surface area contributed by atoms with E-state index in [1.54, 1.807) is 13.0 Å². The number of fused-ring (bicyclic) bond motifs is 2. The van der Waals surface area contributed by atoms with Crippen LogP contribution in [0.4, 0.5) is 4.39 Å². The van der Waals surface area contributed by atoms with Crippen molar-refractivity contribution >= 4 is 33.3 Å². The van der Waals surface area contributed by atoms with Gasteiger partial charge in [-0.25, -0.2) is 4.39 Å². The fraction of sp³-hybridized carbons (Fsp3) is 0.421. The third-order valence-electron chi connectivity index (χ3n) is 9.52. The summed E-state index contributed by atoms with van der Waals surface area (Å²) in [5.41, 5.74) is 5.78. The van der Waals surface area contributed by atoms with Crippen molar-refractivity contribution in [2.45, 2.75) is 76.2 Å². The van der Waals surface area contributed by atoms with E-state index in [0.717, 1.165) is 63.6 Å². The number of nitrogens with zero attached hydrogens (tertiary/aromatic N) is 2. The van der Waals surface area contributed by atoms with Crippen LogP contribution in [0.15, 0.2) is 76.8 Å². The monoisotopic (exact) mass is 719 g/mol. The maximum Gasteiger partial charge on any atom is 0.252 e. The van der Waals surface area contributed by atoms with Crippen molar-refractivity contribution in [3.63, 3.8) is 0 Å². The van der Waals surface area contributed by atoms with E-state index in [9.17, 15) is 24.2 Å². The molecular formula is C38H43BrFN3O5. The second-order valence-electron chi connectivity index (χ2n) is 13.1. The number of aliphatic hydroxyl groups excluding tert-OH is 2. The molecule has 0 spiro atoms. The van der Waals surface area contributed by atoms with Crippen LogP contribution in [0.25, 0.3) is 5.57 Å². The van der Waals surface area contributed by atoms with E-state index in [0.29, 0.717) is 44.8 Å². The van der Waals surface area contributed by atoms with Gasteiger partial charge < -0.3 is 30.1 Å². The molecule has 0 radical (unpaired) electrons. The first-order chi connectivity index (χ1) is 23.2. The van der Waals surface area contributed by atoms with Crippen LogP contribution in [0.1, 0.15) is 54.9 Å². The largest absolute Gasteiger partial charge is 0.492 e. The maximum atomic E-state index is 14.7. The van der Waals surface area contributed by atoms with Crippen LogP contribution in [0.5, 0.6) is 5.75 Å². The number of halogens is 2. The molecule has 2 heterocycles. The first-order valence-electron chi connectivity index (χ1n) is 16.8. The van der Waals surface area contributed by atoms with Gasteiger partial charge in [0.1, 0.15) is 11.6 Å². The Hall–Kier alpha value is -3.57. The molecule has 1 saturated heterocycles. The van der Waals surface area contributed by atoms with Gasteiger partial charge in [-0.2, -0.15) is 0 Å². The Morgan fingerprint density at radius 3 is 2.54 bits per heavy atom. The predicted molar refractivity (Wildman–Crippen MR) is 186 cm³/mol. The second kappa shape index (κ2) is 15.3. The van der Waals surface area contributed by atoms with Crippen LogP contribution in [0, 0.1) is 5.82 Å². The van der Waals surface area contributed by atoms with Crippen LogP contribution in [0.3, 0.4) is 0 Å². The van der Waals surface area contributed by atoms with E-state index >= 15 is 0 Å². The minimum atomic E-state index is -0.865. The van der Waals surface area contributed by atoms with E-state index in [1.807, 2.05) is 34.1 Å². The normalized spacial score (nSPS) is 19.6. The van der Waals surface area contributed by atoms with Crippen molar-refractivity contribution in [1.82, 2.24) is 15.1 Å². The van der Waals surface area contributed by atoms with Gasteiger partial charge in [-0.1, -0.05) is 48.5 Å². The van der Waals surface area contributed by atoms with E-state index in [1.165, 1.54) is 12.1 Å². The molecule has 2 aliphatic heterocycles. The van der Waals surface area contributed by atoms with Gasteiger partial charge >= 0.3 is 0 Å². The lowest BCUT2D eigenvalue weighted by Gasteiger charge is -2.44. The number of carbonyl (C=O) groups excluding carboxylic acids is 2. The van der Waals surface area contributed by atoms with Crippen LogP contribution in [0.2, 0.25) is 0 Å². The van der Waals surface area contributed by atoms with Gasteiger partial charge in [0.05, 0.1) is 29.8 Å². The Balaban J connectivity index is 1.24. The molecule has 2 amide bonds. The van der Waals surface area contributed by atoms with Crippen molar-refractivity contribution in [2.24, 2.45) is 0 Å². The van der Waals surface area contributed by atoms with Gasteiger partial charge in [0.2, 0.25) is 5.91 Å². The summed E-state index contributed by atoms with van der Waals surface area (Å²) in [6, 6.07) is 20.5. The highest BCUT2D eigenvalue weighted by atomic mass is 79.9. The molecule has 1 saturated carbocycles. The lowest BCUT2D eigenvalue weighted by atomic mass is 9.82. The van der Waals surface area contributed by atoms with Crippen LogP contribution in [-0.4, -0.2) is 82.4 Å². The molecule has 6 rings (SSSR count). The molecule has 3 aromatic rings. The standard InChI is InChI=1S/C38H43BrFN3O5/c1-24(45)42-21-30-19-33(26-10-8-25(9-11-26)5-4-16-48-36-18-29(40)12-15-34(36)39)37(35(22-42)41-30)38(47)43(31-13-14-31)20-28-7-3-2-6-27(28)17-32(46)23-44/h2-3,6-12,15,18,30-32,35,41,44,46H,4-5,13-14,16-17,19-23H2,1H3. The summed E-state index contributed by atoms with van der Waals surface area (Å²) in [4.78, 5) is 31.0. The maximum absolute atomic E-state index is 14.7. The number of ether oxygens (including phenoxy) is 1. The van der Waals surface area contributed by atoms with E-state index < -0.39 is 6.10 Å². The molecular weight excluding hydrogens is 677 g/mol. The number of carbonyl (C=O) groups is 2. The molecule has 3 unspecified atom stereocenters. The van der Waals surface area contributed by atoms with Gasteiger partial charge in [0.15, 0.2) is 0 Å². The van der Waals surface area contributed by atoms with Crippen molar-refractivity contribution in [2.75, 3.05) is 26.3 Å². The summed E-state index contributed by atoms with van der Waals surface area (Å²) >= 11 is 3.40. The zero-order valence-electron chi connectivity index (χ0n) is 27.2. The summed E-state index contributed by atoms with van der Waals surface area (Å²) < 4.78 is 20.1.